The topological polar surface area (TPSA) is 6.48 Å². The second-order valence-corrected chi connectivity index (χ2v) is 15.0. The zero-order chi connectivity index (χ0) is 36.9. The monoisotopic (exact) mass is 704 g/mol. The van der Waals surface area contributed by atoms with Crippen molar-refractivity contribution in [1.29, 1.82) is 0 Å². The van der Waals surface area contributed by atoms with Crippen molar-refractivity contribution >= 4 is 55.7 Å². The van der Waals surface area contributed by atoms with E-state index >= 15 is 0 Å². The standard InChI is InChI=1S/C53H40N2/c1-53(2)49-27-14-13-26-47(49)48-32-31-45(36-50(48)53)54(41-21-7-4-8-22-41)42-23-15-24-43(35-42)55(44-30-28-37-16-9-10-20-40(37)34-44)51-33-29-38-17-11-12-25-46(38)52(51)39-18-5-3-6-19-39/h3-36H,1-2H3. The minimum atomic E-state index is -0.108. The van der Waals surface area contributed by atoms with E-state index in [0.29, 0.717) is 0 Å². The van der Waals surface area contributed by atoms with Gasteiger partial charge in [0.1, 0.15) is 0 Å². The van der Waals surface area contributed by atoms with Crippen LogP contribution in [-0.4, -0.2) is 0 Å². The van der Waals surface area contributed by atoms with Crippen molar-refractivity contribution in [2.75, 3.05) is 9.80 Å². The van der Waals surface area contributed by atoms with Gasteiger partial charge >= 0.3 is 0 Å². The third kappa shape index (κ3) is 5.57. The molecule has 0 atom stereocenters. The van der Waals surface area contributed by atoms with Gasteiger partial charge in [-0.3, -0.25) is 0 Å². The van der Waals surface area contributed by atoms with Crippen molar-refractivity contribution in [2.45, 2.75) is 19.3 Å². The molecule has 0 unspecified atom stereocenters. The number of anilines is 6. The molecule has 9 aromatic rings. The maximum absolute atomic E-state index is 2.44. The first-order valence-corrected chi connectivity index (χ1v) is 19.1. The summed E-state index contributed by atoms with van der Waals surface area (Å²) in [6.07, 6.45) is 0. The van der Waals surface area contributed by atoms with Crippen molar-refractivity contribution < 1.29 is 0 Å². The quantitative estimate of drug-likeness (QED) is 0.163. The fourth-order valence-corrected chi connectivity index (χ4v) is 8.72. The Morgan fingerprint density at radius 3 is 1.73 bits per heavy atom. The fourth-order valence-electron chi connectivity index (χ4n) is 8.72. The molecule has 1 aliphatic rings. The van der Waals surface area contributed by atoms with Crippen LogP contribution in [0.25, 0.3) is 43.8 Å². The number of rotatable bonds is 7. The Labute approximate surface area is 323 Å². The predicted octanol–water partition coefficient (Wildman–Crippen LogP) is 14.9. The van der Waals surface area contributed by atoms with Crippen molar-refractivity contribution in [3.8, 4) is 22.3 Å². The molecule has 10 rings (SSSR count). The minimum Gasteiger partial charge on any atom is -0.310 e. The van der Waals surface area contributed by atoms with Crippen LogP contribution < -0.4 is 9.80 Å². The molecular weight excluding hydrogens is 665 g/mol. The Bertz CT molecular complexity index is 2850. The van der Waals surface area contributed by atoms with Gasteiger partial charge in [-0.25, -0.2) is 0 Å². The highest BCUT2D eigenvalue weighted by atomic mass is 15.2. The Morgan fingerprint density at radius 2 is 0.909 bits per heavy atom. The van der Waals surface area contributed by atoms with Crippen LogP contribution in [0.5, 0.6) is 0 Å². The Balaban J connectivity index is 1.19. The lowest BCUT2D eigenvalue weighted by molar-refractivity contribution is 0.660. The lowest BCUT2D eigenvalue weighted by atomic mass is 9.82. The normalized spacial score (nSPS) is 12.7. The third-order valence-electron chi connectivity index (χ3n) is 11.4. The summed E-state index contributed by atoms with van der Waals surface area (Å²) in [4.78, 5) is 4.84. The maximum Gasteiger partial charge on any atom is 0.0546 e. The largest absolute Gasteiger partial charge is 0.310 e. The summed E-state index contributed by atoms with van der Waals surface area (Å²) in [7, 11) is 0. The van der Waals surface area contributed by atoms with Crippen molar-refractivity contribution in [1.82, 2.24) is 0 Å². The van der Waals surface area contributed by atoms with Crippen LogP contribution in [0.1, 0.15) is 25.0 Å². The fraction of sp³-hybridized carbons (Fsp3) is 0.0566. The van der Waals surface area contributed by atoms with E-state index < -0.39 is 0 Å². The van der Waals surface area contributed by atoms with Gasteiger partial charge in [-0.15, -0.1) is 0 Å². The van der Waals surface area contributed by atoms with Gasteiger partial charge in [0.2, 0.25) is 0 Å². The first-order chi connectivity index (χ1) is 27.0. The van der Waals surface area contributed by atoms with Crippen molar-refractivity contribution in [3.63, 3.8) is 0 Å². The second-order valence-electron chi connectivity index (χ2n) is 15.0. The Kier molecular flexibility index (Phi) is 7.85. The van der Waals surface area contributed by atoms with Gasteiger partial charge in [0.05, 0.1) is 5.69 Å². The molecule has 0 N–H and O–H groups in total. The smallest absolute Gasteiger partial charge is 0.0546 e. The Hall–Kier alpha value is -6.90. The van der Waals surface area contributed by atoms with E-state index in [0.717, 1.165) is 34.1 Å². The van der Waals surface area contributed by atoms with Crippen molar-refractivity contribution in [2.24, 2.45) is 0 Å². The molecular formula is C53H40N2. The summed E-state index contributed by atoms with van der Waals surface area (Å²) < 4.78 is 0. The lowest BCUT2D eigenvalue weighted by Crippen LogP contribution is -2.17. The minimum absolute atomic E-state index is 0.108. The van der Waals surface area contributed by atoms with Crippen LogP contribution in [-0.2, 0) is 5.41 Å². The summed E-state index contributed by atoms with van der Waals surface area (Å²) in [6.45, 7) is 4.70. The molecule has 0 saturated carbocycles. The molecule has 0 fully saturated rings. The van der Waals surface area contributed by atoms with Crippen LogP contribution in [0.15, 0.2) is 206 Å². The molecule has 0 bridgehead atoms. The molecule has 1 aliphatic carbocycles. The van der Waals surface area contributed by atoms with E-state index in [4.69, 9.17) is 0 Å². The van der Waals surface area contributed by atoms with E-state index in [9.17, 15) is 0 Å². The first kappa shape index (κ1) is 32.7. The average molecular weight is 705 g/mol. The lowest BCUT2D eigenvalue weighted by Gasteiger charge is -2.31. The molecule has 9 aromatic carbocycles. The van der Waals surface area contributed by atoms with E-state index in [1.54, 1.807) is 0 Å². The number of nitrogens with zero attached hydrogens (tertiary/aromatic N) is 2. The van der Waals surface area contributed by atoms with Crippen LogP contribution in [0, 0.1) is 0 Å². The van der Waals surface area contributed by atoms with Crippen molar-refractivity contribution in [3.05, 3.63) is 217 Å². The maximum atomic E-state index is 2.44. The van der Waals surface area contributed by atoms with Gasteiger partial charge in [0.15, 0.2) is 0 Å². The highest BCUT2D eigenvalue weighted by molar-refractivity contribution is 6.06. The van der Waals surface area contributed by atoms with E-state index in [1.165, 1.54) is 54.9 Å². The van der Waals surface area contributed by atoms with Crippen LogP contribution in [0.4, 0.5) is 34.1 Å². The highest BCUT2D eigenvalue weighted by Crippen LogP contribution is 2.51. The van der Waals surface area contributed by atoms with Gasteiger partial charge in [-0.2, -0.15) is 0 Å². The SMILES string of the molecule is CC1(C)c2ccccc2-c2ccc(N(c3ccccc3)c3cccc(N(c4ccc5ccccc5c4)c4ccc5ccccc5c4-c4ccccc4)c3)cc21. The summed E-state index contributed by atoms with van der Waals surface area (Å²) in [6, 6.07) is 75.2. The number of hydrogen-bond donors (Lipinski definition) is 0. The van der Waals surface area contributed by atoms with Gasteiger partial charge in [-0.1, -0.05) is 159 Å². The molecule has 0 saturated heterocycles. The molecule has 0 amide bonds. The molecule has 0 spiro atoms. The third-order valence-corrected chi connectivity index (χ3v) is 11.4. The average Bonchev–Trinajstić information content (AvgIpc) is 3.47. The summed E-state index contributed by atoms with van der Waals surface area (Å²) in [5.41, 5.74) is 14.3. The molecule has 0 radical (unpaired) electrons. The van der Waals surface area contributed by atoms with Crippen LogP contribution in [0.2, 0.25) is 0 Å². The highest BCUT2D eigenvalue weighted by Gasteiger charge is 2.35. The number of hydrogen-bond acceptors (Lipinski definition) is 2. The van der Waals surface area contributed by atoms with Crippen LogP contribution in [0.3, 0.4) is 0 Å². The molecule has 55 heavy (non-hydrogen) atoms. The van der Waals surface area contributed by atoms with E-state index in [2.05, 4.69) is 230 Å². The second kappa shape index (κ2) is 13.2. The molecule has 2 nitrogen and oxygen atoms in total. The number of para-hydroxylation sites is 1. The van der Waals surface area contributed by atoms with E-state index in [1.807, 2.05) is 0 Å². The molecule has 0 aromatic heterocycles. The Morgan fingerprint density at radius 1 is 0.345 bits per heavy atom. The molecule has 0 aliphatic heterocycles. The number of benzene rings is 9. The summed E-state index contributed by atoms with van der Waals surface area (Å²) >= 11 is 0. The van der Waals surface area contributed by atoms with E-state index in [-0.39, 0.29) is 5.41 Å². The summed E-state index contributed by atoms with van der Waals surface area (Å²) in [5.74, 6) is 0. The summed E-state index contributed by atoms with van der Waals surface area (Å²) in [5, 5.41) is 4.87. The first-order valence-electron chi connectivity index (χ1n) is 19.1. The van der Waals surface area contributed by atoms with Gasteiger partial charge in [0, 0.05) is 39.4 Å². The zero-order valence-corrected chi connectivity index (χ0v) is 31.0. The molecule has 0 heterocycles. The van der Waals surface area contributed by atoms with Gasteiger partial charge in [-0.05, 0) is 110 Å². The molecule has 2 heteroatoms. The predicted molar refractivity (Wildman–Crippen MR) is 234 cm³/mol. The molecule has 262 valence electrons. The van der Waals surface area contributed by atoms with Crippen LogP contribution >= 0.6 is 0 Å². The van der Waals surface area contributed by atoms with Gasteiger partial charge < -0.3 is 9.80 Å². The number of fused-ring (bicyclic) bond motifs is 5. The van der Waals surface area contributed by atoms with Gasteiger partial charge in [0.25, 0.3) is 0 Å². The zero-order valence-electron chi connectivity index (χ0n) is 31.0.